The lowest BCUT2D eigenvalue weighted by Crippen LogP contribution is -2.31. The molecule has 0 aliphatic carbocycles. The van der Waals surface area contributed by atoms with Gasteiger partial charge in [-0.1, -0.05) is 6.92 Å². The Bertz CT molecular complexity index is 215. The molecule has 0 radical (unpaired) electrons. The van der Waals surface area contributed by atoms with Gasteiger partial charge in [0.1, 0.15) is 0 Å². The van der Waals surface area contributed by atoms with E-state index in [1.165, 1.54) is 0 Å². The minimum Gasteiger partial charge on any atom is -0.481 e. The van der Waals surface area contributed by atoms with E-state index in [4.69, 9.17) is 10.2 Å². The molecule has 0 bridgehead atoms. The number of hydrogen-bond acceptors (Lipinski definition) is 3. The van der Waals surface area contributed by atoms with Crippen LogP contribution in [0.3, 0.4) is 0 Å². The van der Waals surface area contributed by atoms with Crippen molar-refractivity contribution in [1.82, 2.24) is 4.90 Å². The van der Waals surface area contributed by atoms with Crippen LogP contribution in [-0.4, -0.2) is 47.7 Å². The van der Waals surface area contributed by atoms with Crippen LogP contribution in [0.1, 0.15) is 13.3 Å². The van der Waals surface area contributed by atoms with Crippen molar-refractivity contribution in [3.05, 3.63) is 0 Å². The molecule has 5 heteroatoms. The first kappa shape index (κ1) is 12.9. The molecule has 0 rings (SSSR count). The maximum atomic E-state index is 10.8. The smallest absolute Gasteiger partial charge is 0.307 e. The predicted molar refractivity (Wildman–Crippen MR) is 51.1 cm³/mol. The number of hydrogen-bond donors (Lipinski definition) is 2. The molecule has 0 spiro atoms. The van der Waals surface area contributed by atoms with Gasteiger partial charge in [-0.05, 0) is 20.0 Å². The van der Waals surface area contributed by atoms with Gasteiger partial charge in [0.25, 0.3) is 0 Å². The van der Waals surface area contributed by atoms with Crippen LogP contribution in [0, 0.1) is 11.8 Å². The van der Waals surface area contributed by atoms with Crippen molar-refractivity contribution in [3.8, 4) is 0 Å². The average molecular weight is 203 g/mol. The summed E-state index contributed by atoms with van der Waals surface area (Å²) in [6.45, 7) is 2.33. The van der Waals surface area contributed by atoms with Gasteiger partial charge in [0.05, 0.1) is 12.3 Å². The Hall–Kier alpha value is -1.10. The van der Waals surface area contributed by atoms with Gasteiger partial charge in [0.2, 0.25) is 0 Å². The Morgan fingerprint density at radius 2 is 1.79 bits per heavy atom. The Balaban J connectivity index is 4.33. The molecule has 0 aromatic carbocycles. The number of carboxylic acids is 2. The van der Waals surface area contributed by atoms with Gasteiger partial charge in [0.15, 0.2) is 0 Å². The van der Waals surface area contributed by atoms with Crippen LogP contribution in [0.25, 0.3) is 0 Å². The van der Waals surface area contributed by atoms with Crippen LogP contribution in [0.5, 0.6) is 0 Å². The topological polar surface area (TPSA) is 77.8 Å². The van der Waals surface area contributed by atoms with E-state index in [9.17, 15) is 9.59 Å². The minimum absolute atomic E-state index is 0.168. The van der Waals surface area contributed by atoms with E-state index in [1.54, 1.807) is 6.92 Å². The molecule has 0 fully saturated rings. The predicted octanol–water partition coefficient (Wildman–Crippen LogP) is 0.360. The summed E-state index contributed by atoms with van der Waals surface area (Å²) in [4.78, 5) is 23.1. The number of carboxylic acid groups (broad SMARTS) is 2. The van der Waals surface area contributed by atoms with Crippen LogP contribution in [0.4, 0.5) is 0 Å². The summed E-state index contributed by atoms with van der Waals surface area (Å²) in [5.41, 5.74) is 0. The van der Waals surface area contributed by atoms with E-state index in [0.717, 1.165) is 0 Å². The largest absolute Gasteiger partial charge is 0.481 e. The van der Waals surface area contributed by atoms with Crippen molar-refractivity contribution in [1.29, 1.82) is 0 Å². The van der Waals surface area contributed by atoms with Crippen LogP contribution < -0.4 is 0 Å². The van der Waals surface area contributed by atoms with E-state index in [-0.39, 0.29) is 12.3 Å². The molecule has 0 aliphatic rings. The molecule has 0 saturated heterocycles. The third kappa shape index (κ3) is 4.81. The molecule has 0 heterocycles. The van der Waals surface area contributed by atoms with Crippen molar-refractivity contribution in [3.63, 3.8) is 0 Å². The molecular weight excluding hydrogens is 186 g/mol. The molecule has 0 aliphatic heterocycles. The molecule has 2 atom stereocenters. The second-order valence-corrected chi connectivity index (χ2v) is 3.78. The zero-order chi connectivity index (χ0) is 11.3. The van der Waals surface area contributed by atoms with Crippen LogP contribution in [0.2, 0.25) is 0 Å². The van der Waals surface area contributed by atoms with Gasteiger partial charge in [0, 0.05) is 6.54 Å². The van der Waals surface area contributed by atoms with E-state index >= 15 is 0 Å². The summed E-state index contributed by atoms with van der Waals surface area (Å²) >= 11 is 0. The van der Waals surface area contributed by atoms with Crippen LogP contribution in [-0.2, 0) is 9.59 Å². The highest BCUT2D eigenvalue weighted by molar-refractivity contribution is 5.77. The maximum Gasteiger partial charge on any atom is 0.307 e. The fraction of sp³-hybridized carbons (Fsp3) is 0.778. The van der Waals surface area contributed by atoms with Crippen molar-refractivity contribution < 1.29 is 19.8 Å². The first-order chi connectivity index (χ1) is 6.34. The van der Waals surface area contributed by atoms with Gasteiger partial charge in [-0.25, -0.2) is 0 Å². The normalized spacial score (nSPS) is 15.1. The molecule has 82 valence electrons. The lowest BCUT2D eigenvalue weighted by Gasteiger charge is -2.21. The zero-order valence-corrected chi connectivity index (χ0v) is 8.73. The highest BCUT2D eigenvalue weighted by Crippen LogP contribution is 2.16. The lowest BCUT2D eigenvalue weighted by atomic mass is 9.91. The summed E-state index contributed by atoms with van der Waals surface area (Å²) in [5, 5.41) is 17.4. The summed E-state index contributed by atoms with van der Waals surface area (Å²) in [6, 6.07) is 0. The summed E-state index contributed by atoms with van der Waals surface area (Å²) in [6.07, 6.45) is -0.315. The first-order valence-corrected chi connectivity index (χ1v) is 4.44. The third-order valence-electron chi connectivity index (χ3n) is 2.05. The molecule has 0 aromatic rings. The first-order valence-electron chi connectivity index (χ1n) is 4.44. The van der Waals surface area contributed by atoms with Crippen LogP contribution >= 0.6 is 0 Å². The zero-order valence-electron chi connectivity index (χ0n) is 8.73. The van der Waals surface area contributed by atoms with Gasteiger partial charge in [-0.3, -0.25) is 9.59 Å². The molecule has 0 saturated carbocycles. The monoisotopic (exact) mass is 203 g/mol. The summed E-state index contributed by atoms with van der Waals surface area (Å²) in [5.74, 6) is -3.08. The van der Waals surface area contributed by atoms with Crippen molar-refractivity contribution in [2.75, 3.05) is 20.6 Å². The van der Waals surface area contributed by atoms with E-state index < -0.39 is 17.9 Å². The molecule has 0 amide bonds. The molecular formula is C9H17NO4. The fourth-order valence-electron chi connectivity index (χ4n) is 1.42. The highest BCUT2D eigenvalue weighted by Gasteiger charge is 2.27. The molecule has 2 N–H and O–H groups in total. The average Bonchev–Trinajstić information content (AvgIpc) is 1.97. The lowest BCUT2D eigenvalue weighted by molar-refractivity contribution is -0.150. The highest BCUT2D eigenvalue weighted by atomic mass is 16.4. The van der Waals surface area contributed by atoms with E-state index in [1.807, 2.05) is 19.0 Å². The minimum atomic E-state index is -1.07. The van der Waals surface area contributed by atoms with E-state index in [2.05, 4.69) is 0 Å². The summed E-state index contributed by atoms with van der Waals surface area (Å²) < 4.78 is 0. The number of nitrogens with zero attached hydrogens (tertiary/aromatic N) is 1. The van der Waals surface area contributed by atoms with Gasteiger partial charge in [-0.15, -0.1) is 0 Å². The second kappa shape index (κ2) is 5.59. The maximum absolute atomic E-state index is 10.8. The van der Waals surface area contributed by atoms with Gasteiger partial charge < -0.3 is 15.1 Å². The molecule has 0 aromatic heterocycles. The number of carbonyl (C=O) groups is 2. The number of aliphatic carboxylic acids is 2. The second-order valence-electron chi connectivity index (χ2n) is 3.78. The van der Waals surface area contributed by atoms with Crippen molar-refractivity contribution >= 4 is 11.9 Å². The van der Waals surface area contributed by atoms with E-state index in [0.29, 0.717) is 6.54 Å². The quantitative estimate of drug-likeness (QED) is 0.651. The third-order valence-corrected chi connectivity index (χ3v) is 2.05. The number of rotatable bonds is 6. The van der Waals surface area contributed by atoms with Crippen molar-refractivity contribution in [2.24, 2.45) is 11.8 Å². The van der Waals surface area contributed by atoms with Gasteiger partial charge >= 0.3 is 11.9 Å². The Morgan fingerprint density at radius 3 is 2.07 bits per heavy atom. The van der Waals surface area contributed by atoms with Crippen molar-refractivity contribution in [2.45, 2.75) is 13.3 Å². The Labute approximate surface area is 83.3 Å². The Morgan fingerprint density at radius 1 is 1.29 bits per heavy atom. The Kier molecular flexibility index (Phi) is 5.15. The van der Waals surface area contributed by atoms with Gasteiger partial charge in [-0.2, -0.15) is 0 Å². The summed E-state index contributed by atoms with van der Waals surface area (Å²) in [7, 11) is 3.66. The SMILES string of the molecule is CC(CN(C)C)C(CC(=O)O)C(=O)O. The molecule has 2 unspecified atom stereocenters. The molecule has 5 nitrogen and oxygen atoms in total. The standard InChI is InChI=1S/C9H17NO4/c1-6(5-10(2)3)7(9(13)14)4-8(11)12/h6-7H,4-5H2,1-3H3,(H,11,12)(H,13,14). The fourth-order valence-corrected chi connectivity index (χ4v) is 1.42. The molecule has 14 heavy (non-hydrogen) atoms. The van der Waals surface area contributed by atoms with Crippen LogP contribution in [0.15, 0.2) is 0 Å².